The Hall–Kier alpha value is -0.473. The molecule has 0 aliphatic carbocycles. The summed E-state index contributed by atoms with van der Waals surface area (Å²) in [5, 5.41) is 20.4. The van der Waals surface area contributed by atoms with E-state index in [-0.39, 0.29) is 5.04 Å². The number of rotatable bonds is 3. The molecule has 0 aromatic rings. The molecule has 0 spiro atoms. The van der Waals surface area contributed by atoms with Gasteiger partial charge in [0.25, 0.3) is 0 Å². The van der Waals surface area contributed by atoms with Crippen LogP contribution in [0.3, 0.4) is 0 Å². The third-order valence-electron chi connectivity index (χ3n) is 4.31. The molecule has 0 aromatic carbocycles. The zero-order chi connectivity index (χ0) is 16.6. The maximum atomic E-state index is 11.2. The highest BCUT2D eigenvalue weighted by Gasteiger charge is 2.49. The summed E-state index contributed by atoms with van der Waals surface area (Å²) in [6.07, 6.45) is -4.73. The summed E-state index contributed by atoms with van der Waals surface area (Å²) in [7, 11) is -2.21. The molecule has 124 valence electrons. The van der Waals surface area contributed by atoms with Crippen LogP contribution < -0.4 is 0 Å². The highest BCUT2D eigenvalue weighted by Crippen LogP contribution is 2.39. The molecule has 0 saturated carbocycles. The van der Waals surface area contributed by atoms with Crippen LogP contribution in [0.4, 0.5) is 0 Å². The van der Waals surface area contributed by atoms with Gasteiger partial charge in [-0.2, -0.15) is 0 Å². The number of hydrogen-bond acceptors (Lipinski definition) is 6. The van der Waals surface area contributed by atoms with Gasteiger partial charge in [0, 0.05) is 6.92 Å². The minimum atomic E-state index is -2.21. The highest BCUT2D eigenvalue weighted by molar-refractivity contribution is 6.74. The predicted molar refractivity (Wildman–Crippen MR) is 80.2 cm³/mol. The van der Waals surface area contributed by atoms with Crippen LogP contribution >= 0.6 is 0 Å². The summed E-state index contributed by atoms with van der Waals surface area (Å²) < 4.78 is 16.5. The van der Waals surface area contributed by atoms with Gasteiger partial charge in [-0.25, -0.2) is 0 Å². The molecule has 0 amide bonds. The molecule has 1 rings (SSSR count). The van der Waals surface area contributed by atoms with Crippen LogP contribution in [0.1, 0.15) is 34.6 Å². The molecule has 1 aliphatic heterocycles. The van der Waals surface area contributed by atoms with Crippen molar-refractivity contribution >= 4 is 14.3 Å². The normalized spacial score (nSPS) is 34.6. The fourth-order valence-electron chi connectivity index (χ4n) is 2.01. The van der Waals surface area contributed by atoms with Crippen LogP contribution in [0.5, 0.6) is 0 Å². The van der Waals surface area contributed by atoms with Gasteiger partial charge in [-0.3, -0.25) is 4.79 Å². The number of carbonyl (C=O) groups excluding carboxylic acids is 1. The lowest BCUT2D eigenvalue weighted by Crippen LogP contribution is -2.62. The first-order chi connectivity index (χ1) is 9.36. The van der Waals surface area contributed by atoms with Crippen LogP contribution in [0.2, 0.25) is 18.1 Å². The molecule has 7 heteroatoms. The minimum Gasteiger partial charge on any atom is -0.457 e. The van der Waals surface area contributed by atoms with Crippen molar-refractivity contribution in [2.75, 3.05) is 0 Å². The lowest BCUT2D eigenvalue weighted by atomic mass is 10.00. The summed E-state index contributed by atoms with van der Waals surface area (Å²) in [5.74, 6) is -0.503. The topological polar surface area (TPSA) is 85.2 Å². The first-order valence-electron chi connectivity index (χ1n) is 7.23. The van der Waals surface area contributed by atoms with Crippen LogP contribution in [0.25, 0.3) is 0 Å². The van der Waals surface area contributed by atoms with Gasteiger partial charge in [0.05, 0.1) is 6.10 Å². The van der Waals surface area contributed by atoms with Crippen LogP contribution in [0.15, 0.2) is 0 Å². The van der Waals surface area contributed by atoms with Crippen molar-refractivity contribution in [1.82, 2.24) is 0 Å². The molecule has 1 aliphatic rings. The predicted octanol–water partition coefficient (Wildman–Crippen LogP) is 1.41. The summed E-state index contributed by atoms with van der Waals surface area (Å²) in [5.41, 5.74) is 0. The van der Waals surface area contributed by atoms with E-state index >= 15 is 0 Å². The Kier molecular flexibility index (Phi) is 5.60. The second-order valence-corrected chi connectivity index (χ2v) is 11.9. The Balaban J connectivity index is 2.92. The molecule has 0 radical (unpaired) electrons. The van der Waals surface area contributed by atoms with Gasteiger partial charge in [0.1, 0.15) is 12.2 Å². The zero-order valence-electron chi connectivity index (χ0n) is 13.9. The molecule has 0 bridgehead atoms. The fourth-order valence-corrected chi connectivity index (χ4v) is 3.30. The van der Waals surface area contributed by atoms with Gasteiger partial charge in [0.2, 0.25) is 0 Å². The van der Waals surface area contributed by atoms with E-state index in [1.54, 1.807) is 6.92 Å². The van der Waals surface area contributed by atoms with E-state index in [4.69, 9.17) is 13.9 Å². The monoisotopic (exact) mass is 320 g/mol. The summed E-state index contributed by atoms with van der Waals surface area (Å²) in [4.78, 5) is 11.2. The zero-order valence-corrected chi connectivity index (χ0v) is 14.9. The van der Waals surface area contributed by atoms with Crippen molar-refractivity contribution in [1.29, 1.82) is 0 Å². The summed E-state index contributed by atoms with van der Waals surface area (Å²) >= 11 is 0. The van der Waals surface area contributed by atoms with E-state index in [9.17, 15) is 15.0 Å². The smallest absolute Gasteiger partial charge is 0.303 e. The fraction of sp³-hybridized carbons (Fsp3) is 0.929. The van der Waals surface area contributed by atoms with Gasteiger partial charge in [-0.1, -0.05) is 20.8 Å². The number of esters is 1. The first kappa shape index (κ1) is 18.6. The van der Waals surface area contributed by atoms with Crippen LogP contribution in [0, 0.1) is 0 Å². The van der Waals surface area contributed by atoms with Gasteiger partial charge in [-0.05, 0) is 25.1 Å². The summed E-state index contributed by atoms with van der Waals surface area (Å²) in [6, 6.07) is 0. The van der Waals surface area contributed by atoms with E-state index < -0.39 is 45.0 Å². The number of aliphatic hydroxyl groups excluding tert-OH is 2. The molecule has 21 heavy (non-hydrogen) atoms. The SMILES string of the molecule is CC(=O)O[C@@H]1[C@H](O)[C@@H](O[Si](C)(C)C(C)(C)C)[C@@H](O)O[C@@H]1C. The van der Waals surface area contributed by atoms with Crippen molar-refractivity contribution in [2.45, 2.75) is 83.5 Å². The van der Waals surface area contributed by atoms with Gasteiger partial charge < -0.3 is 24.1 Å². The number of hydrogen-bond donors (Lipinski definition) is 2. The summed E-state index contributed by atoms with van der Waals surface area (Å²) in [6.45, 7) is 13.1. The molecule has 1 saturated heterocycles. The Bertz CT molecular complexity index is 378. The maximum Gasteiger partial charge on any atom is 0.303 e. The number of carbonyl (C=O) groups is 1. The van der Waals surface area contributed by atoms with Crippen molar-refractivity contribution in [3.8, 4) is 0 Å². The highest BCUT2D eigenvalue weighted by atomic mass is 28.4. The molecule has 1 fully saturated rings. The third kappa shape index (κ3) is 4.26. The number of aliphatic hydroxyl groups is 2. The lowest BCUT2D eigenvalue weighted by Gasteiger charge is -2.46. The average Bonchev–Trinajstić information content (AvgIpc) is 2.28. The molecule has 2 N–H and O–H groups in total. The molecule has 5 atom stereocenters. The van der Waals surface area contributed by atoms with Crippen molar-refractivity contribution < 1.29 is 28.9 Å². The molecule has 0 unspecified atom stereocenters. The average molecular weight is 320 g/mol. The second-order valence-electron chi connectivity index (χ2n) is 7.14. The van der Waals surface area contributed by atoms with Crippen molar-refractivity contribution in [2.24, 2.45) is 0 Å². The lowest BCUT2D eigenvalue weighted by molar-refractivity contribution is -0.277. The Morgan fingerprint density at radius 1 is 1.19 bits per heavy atom. The van der Waals surface area contributed by atoms with Crippen molar-refractivity contribution in [3.05, 3.63) is 0 Å². The maximum absolute atomic E-state index is 11.2. The van der Waals surface area contributed by atoms with Gasteiger partial charge >= 0.3 is 5.97 Å². The second kappa shape index (κ2) is 6.34. The van der Waals surface area contributed by atoms with E-state index in [2.05, 4.69) is 20.8 Å². The van der Waals surface area contributed by atoms with Gasteiger partial charge in [-0.15, -0.1) is 0 Å². The molecule has 1 heterocycles. The number of ether oxygens (including phenoxy) is 2. The molecule has 0 aromatic heterocycles. The Labute approximate surface area is 127 Å². The van der Waals surface area contributed by atoms with Crippen LogP contribution in [-0.2, 0) is 18.7 Å². The Morgan fingerprint density at radius 3 is 2.14 bits per heavy atom. The molecule has 6 nitrogen and oxygen atoms in total. The largest absolute Gasteiger partial charge is 0.457 e. The van der Waals surface area contributed by atoms with E-state index in [0.717, 1.165) is 0 Å². The van der Waals surface area contributed by atoms with Crippen molar-refractivity contribution in [3.63, 3.8) is 0 Å². The minimum absolute atomic E-state index is 0.0770. The molecular formula is C14H28O6Si. The van der Waals surface area contributed by atoms with E-state index in [1.165, 1.54) is 6.92 Å². The quantitative estimate of drug-likeness (QED) is 0.604. The van der Waals surface area contributed by atoms with E-state index in [0.29, 0.717) is 0 Å². The van der Waals surface area contributed by atoms with E-state index in [1.807, 2.05) is 13.1 Å². The van der Waals surface area contributed by atoms with Gasteiger partial charge in [0.15, 0.2) is 20.7 Å². The Morgan fingerprint density at radius 2 is 1.71 bits per heavy atom. The third-order valence-corrected chi connectivity index (χ3v) is 8.78. The van der Waals surface area contributed by atoms with Crippen LogP contribution in [-0.4, -0.2) is 55.2 Å². The standard InChI is InChI=1S/C14H28O6Si/c1-8-11(19-9(2)15)10(16)12(13(17)18-8)20-21(6,7)14(3,4)5/h8,10-13,16-17H,1-7H3/t8-,10+,11+,12-,13+/m1/s1. The molecular weight excluding hydrogens is 292 g/mol. The first-order valence-corrected chi connectivity index (χ1v) is 10.1.